The van der Waals surface area contributed by atoms with Crippen LogP contribution in [-0.4, -0.2) is 48.6 Å². The number of phenolic OH excluding ortho intramolecular Hbond substituents is 1. The summed E-state index contributed by atoms with van der Waals surface area (Å²) in [5, 5.41) is 15.0. The fraction of sp³-hybridized carbons (Fsp3) is 0.292. The lowest BCUT2D eigenvalue weighted by atomic mass is 10.0. The van der Waals surface area contributed by atoms with Crippen molar-refractivity contribution < 1.29 is 9.90 Å². The molecule has 5 heteroatoms. The SMILES string of the molecule is C[C@@H](NC(=O)CN1CCN(c2ccc(O)cc2)CC1)c1ccc2ccccc2c1. The Hall–Kier alpha value is -3.05. The number of piperazine rings is 1. The van der Waals surface area contributed by atoms with Gasteiger partial charge in [-0.15, -0.1) is 0 Å². The van der Waals surface area contributed by atoms with Gasteiger partial charge in [-0.3, -0.25) is 9.69 Å². The Kier molecular flexibility index (Phi) is 5.67. The normalized spacial score (nSPS) is 16.0. The highest BCUT2D eigenvalue weighted by Crippen LogP contribution is 2.21. The summed E-state index contributed by atoms with van der Waals surface area (Å²) in [5.74, 6) is 0.341. The number of carbonyl (C=O) groups is 1. The van der Waals surface area contributed by atoms with Crippen LogP contribution in [0.3, 0.4) is 0 Å². The molecule has 1 amide bonds. The van der Waals surface area contributed by atoms with Gasteiger partial charge in [0.1, 0.15) is 5.75 Å². The number of aromatic hydroxyl groups is 1. The van der Waals surface area contributed by atoms with Crippen LogP contribution < -0.4 is 10.2 Å². The summed E-state index contributed by atoms with van der Waals surface area (Å²) in [6, 6.07) is 21.9. The first-order valence-corrected chi connectivity index (χ1v) is 10.1. The highest BCUT2D eigenvalue weighted by Gasteiger charge is 2.20. The van der Waals surface area contributed by atoms with E-state index < -0.39 is 0 Å². The molecule has 1 atom stereocenters. The Labute approximate surface area is 171 Å². The van der Waals surface area contributed by atoms with Crippen molar-refractivity contribution >= 4 is 22.4 Å². The number of hydrogen-bond acceptors (Lipinski definition) is 4. The van der Waals surface area contributed by atoms with Crippen LogP contribution in [0.25, 0.3) is 10.8 Å². The first-order valence-electron chi connectivity index (χ1n) is 10.1. The third-order valence-corrected chi connectivity index (χ3v) is 5.61. The van der Waals surface area contributed by atoms with E-state index in [1.54, 1.807) is 12.1 Å². The molecule has 0 unspecified atom stereocenters. The lowest BCUT2D eigenvalue weighted by molar-refractivity contribution is -0.123. The highest BCUT2D eigenvalue weighted by atomic mass is 16.3. The molecule has 29 heavy (non-hydrogen) atoms. The number of hydrogen-bond donors (Lipinski definition) is 2. The smallest absolute Gasteiger partial charge is 0.234 e. The van der Waals surface area contributed by atoms with Crippen molar-refractivity contribution in [2.24, 2.45) is 0 Å². The van der Waals surface area contributed by atoms with E-state index in [4.69, 9.17) is 0 Å². The second-order valence-corrected chi connectivity index (χ2v) is 7.68. The van der Waals surface area contributed by atoms with Gasteiger partial charge in [0.05, 0.1) is 12.6 Å². The first-order chi connectivity index (χ1) is 14.1. The molecule has 0 saturated carbocycles. The number of phenols is 1. The molecule has 0 radical (unpaired) electrons. The molecule has 0 bridgehead atoms. The standard InChI is InChI=1S/C24H27N3O2/c1-18(20-7-6-19-4-2-3-5-21(19)16-20)25-24(29)17-26-12-14-27(15-13-26)22-8-10-23(28)11-9-22/h2-11,16,18,28H,12-15,17H2,1H3,(H,25,29)/t18-/m1/s1. The Morgan fingerprint density at radius 1 is 0.966 bits per heavy atom. The number of nitrogens with zero attached hydrogens (tertiary/aromatic N) is 2. The summed E-state index contributed by atoms with van der Waals surface area (Å²) in [7, 11) is 0. The van der Waals surface area contributed by atoms with Gasteiger partial charge in [-0.05, 0) is 53.6 Å². The fourth-order valence-corrected chi connectivity index (χ4v) is 3.88. The van der Waals surface area contributed by atoms with E-state index >= 15 is 0 Å². The summed E-state index contributed by atoms with van der Waals surface area (Å²) in [6.45, 7) is 5.89. The average Bonchev–Trinajstić information content (AvgIpc) is 2.74. The van der Waals surface area contributed by atoms with Gasteiger partial charge in [0, 0.05) is 31.9 Å². The zero-order chi connectivity index (χ0) is 20.2. The van der Waals surface area contributed by atoms with E-state index in [1.807, 2.05) is 31.2 Å². The summed E-state index contributed by atoms with van der Waals surface area (Å²) in [6.07, 6.45) is 0. The number of carbonyl (C=O) groups excluding carboxylic acids is 1. The Bertz CT molecular complexity index is 979. The monoisotopic (exact) mass is 389 g/mol. The summed E-state index contributed by atoms with van der Waals surface area (Å²) in [5.41, 5.74) is 2.23. The van der Waals surface area contributed by atoms with Gasteiger partial charge < -0.3 is 15.3 Å². The van der Waals surface area contributed by atoms with Gasteiger partial charge >= 0.3 is 0 Å². The lowest BCUT2D eigenvalue weighted by Gasteiger charge is -2.35. The molecular weight excluding hydrogens is 362 g/mol. The maximum atomic E-state index is 12.6. The average molecular weight is 389 g/mol. The molecule has 0 aromatic heterocycles. The van der Waals surface area contributed by atoms with Crippen LogP contribution >= 0.6 is 0 Å². The second-order valence-electron chi connectivity index (χ2n) is 7.68. The third kappa shape index (κ3) is 4.69. The quantitative estimate of drug-likeness (QED) is 0.701. The Morgan fingerprint density at radius 3 is 2.38 bits per heavy atom. The Morgan fingerprint density at radius 2 is 1.66 bits per heavy atom. The number of fused-ring (bicyclic) bond motifs is 1. The lowest BCUT2D eigenvalue weighted by Crippen LogP contribution is -2.49. The van der Waals surface area contributed by atoms with Crippen LogP contribution in [0, 0.1) is 0 Å². The molecule has 5 nitrogen and oxygen atoms in total. The van der Waals surface area contributed by atoms with Crippen molar-refractivity contribution in [1.82, 2.24) is 10.2 Å². The van der Waals surface area contributed by atoms with Crippen LogP contribution in [0.1, 0.15) is 18.5 Å². The van der Waals surface area contributed by atoms with Crippen molar-refractivity contribution in [1.29, 1.82) is 0 Å². The van der Waals surface area contributed by atoms with Gasteiger partial charge in [0.2, 0.25) is 5.91 Å². The molecule has 1 heterocycles. The molecule has 150 valence electrons. The molecule has 1 aliphatic heterocycles. The van der Waals surface area contributed by atoms with Gasteiger partial charge in [-0.2, -0.15) is 0 Å². The maximum absolute atomic E-state index is 12.6. The minimum atomic E-state index is -0.0228. The predicted molar refractivity (Wildman–Crippen MR) is 117 cm³/mol. The van der Waals surface area contributed by atoms with Crippen molar-refractivity contribution in [3.05, 3.63) is 72.3 Å². The second kappa shape index (κ2) is 8.53. The third-order valence-electron chi connectivity index (χ3n) is 5.61. The van der Waals surface area contributed by atoms with E-state index in [-0.39, 0.29) is 17.7 Å². The maximum Gasteiger partial charge on any atom is 0.234 e. The molecular formula is C24H27N3O2. The van der Waals surface area contributed by atoms with Gasteiger partial charge in [0.25, 0.3) is 0 Å². The fourth-order valence-electron chi connectivity index (χ4n) is 3.88. The Balaban J connectivity index is 1.28. The number of amides is 1. The molecule has 3 aromatic carbocycles. The van der Waals surface area contributed by atoms with E-state index in [2.05, 4.69) is 45.4 Å². The van der Waals surface area contributed by atoms with Crippen molar-refractivity contribution in [3.8, 4) is 5.75 Å². The summed E-state index contributed by atoms with van der Waals surface area (Å²) < 4.78 is 0. The molecule has 1 saturated heterocycles. The van der Waals surface area contributed by atoms with E-state index in [0.29, 0.717) is 6.54 Å². The molecule has 4 rings (SSSR count). The zero-order valence-corrected chi connectivity index (χ0v) is 16.7. The zero-order valence-electron chi connectivity index (χ0n) is 16.7. The van der Waals surface area contributed by atoms with Crippen LogP contribution in [0.4, 0.5) is 5.69 Å². The van der Waals surface area contributed by atoms with E-state index in [1.165, 1.54) is 10.8 Å². The van der Waals surface area contributed by atoms with Crippen molar-refractivity contribution in [2.45, 2.75) is 13.0 Å². The van der Waals surface area contributed by atoms with Crippen LogP contribution in [0.5, 0.6) is 5.75 Å². The topological polar surface area (TPSA) is 55.8 Å². The molecule has 1 fully saturated rings. The van der Waals surface area contributed by atoms with Crippen LogP contribution in [0.2, 0.25) is 0 Å². The molecule has 2 N–H and O–H groups in total. The van der Waals surface area contributed by atoms with E-state index in [9.17, 15) is 9.90 Å². The molecule has 0 spiro atoms. The highest BCUT2D eigenvalue weighted by molar-refractivity contribution is 5.83. The number of rotatable bonds is 5. The van der Waals surface area contributed by atoms with Crippen molar-refractivity contribution in [2.75, 3.05) is 37.6 Å². The number of anilines is 1. The van der Waals surface area contributed by atoms with Gasteiger partial charge in [0.15, 0.2) is 0 Å². The minimum absolute atomic E-state index is 0.0228. The minimum Gasteiger partial charge on any atom is -0.508 e. The summed E-state index contributed by atoms with van der Waals surface area (Å²) in [4.78, 5) is 17.0. The number of benzene rings is 3. The van der Waals surface area contributed by atoms with E-state index in [0.717, 1.165) is 37.4 Å². The molecule has 0 aliphatic carbocycles. The molecule has 1 aliphatic rings. The van der Waals surface area contributed by atoms with Gasteiger partial charge in [-0.1, -0.05) is 36.4 Å². The van der Waals surface area contributed by atoms with Crippen LogP contribution in [0.15, 0.2) is 66.7 Å². The van der Waals surface area contributed by atoms with Crippen molar-refractivity contribution in [3.63, 3.8) is 0 Å². The first kappa shape index (κ1) is 19.3. The largest absolute Gasteiger partial charge is 0.508 e. The van der Waals surface area contributed by atoms with Gasteiger partial charge in [-0.25, -0.2) is 0 Å². The molecule has 3 aromatic rings. The van der Waals surface area contributed by atoms with Crippen LogP contribution in [-0.2, 0) is 4.79 Å². The summed E-state index contributed by atoms with van der Waals surface area (Å²) >= 11 is 0. The predicted octanol–water partition coefficient (Wildman–Crippen LogP) is 3.54. The number of nitrogens with one attached hydrogen (secondary N) is 1.